The summed E-state index contributed by atoms with van der Waals surface area (Å²) < 4.78 is 42.7. The summed E-state index contributed by atoms with van der Waals surface area (Å²) in [5.41, 5.74) is 0. The Balaban J connectivity index is 2.72. The van der Waals surface area contributed by atoms with Gasteiger partial charge in [0.15, 0.2) is 23.2 Å². The molecule has 0 atom stereocenters. The molecule has 1 N–H and O–H groups in total. The van der Waals surface area contributed by atoms with E-state index in [0.717, 1.165) is 0 Å². The van der Waals surface area contributed by atoms with Gasteiger partial charge in [0.05, 0.1) is 6.61 Å². The number of ether oxygens (including phenoxy) is 1. The van der Waals surface area contributed by atoms with Crippen LogP contribution in [0.2, 0.25) is 0 Å². The SMILES string of the molecule is OCCCOc1cc(F)c(F)cc1F. The quantitative estimate of drug-likeness (QED) is 0.602. The van der Waals surface area contributed by atoms with E-state index in [1.54, 1.807) is 0 Å². The number of aliphatic hydroxyl groups is 1. The van der Waals surface area contributed by atoms with Crippen molar-refractivity contribution < 1.29 is 23.0 Å². The maximum Gasteiger partial charge on any atom is 0.168 e. The van der Waals surface area contributed by atoms with E-state index in [-0.39, 0.29) is 19.0 Å². The molecule has 0 saturated carbocycles. The molecule has 0 aliphatic rings. The molecule has 78 valence electrons. The highest BCUT2D eigenvalue weighted by atomic mass is 19.2. The van der Waals surface area contributed by atoms with Crippen LogP contribution >= 0.6 is 0 Å². The highest BCUT2D eigenvalue weighted by molar-refractivity contribution is 5.25. The minimum atomic E-state index is -1.25. The fourth-order valence-corrected chi connectivity index (χ4v) is 0.862. The van der Waals surface area contributed by atoms with E-state index in [1.165, 1.54) is 0 Å². The van der Waals surface area contributed by atoms with E-state index in [9.17, 15) is 13.2 Å². The van der Waals surface area contributed by atoms with Gasteiger partial charge in [-0.1, -0.05) is 0 Å². The van der Waals surface area contributed by atoms with Crippen molar-refractivity contribution in [1.82, 2.24) is 0 Å². The summed E-state index contributed by atoms with van der Waals surface area (Å²) in [7, 11) is 0. The Hall–Kier alpha value is -1.23. The third kappa shape index (κ3) is 2.63. The normalized spacial score (nSPS) is 10.3. The van der Waals surface area contributed by atoms with Crippen molar-refractivity contribution in [2.24, 2.45) is 0 Å². The molecule has 0 amide bonds. The van der Waals surface area contributed by atoms with Crippen LogP contribution in [-0.4, -0.2) is 18.3 Å². The minimum Gasteiger partial charge on any atom is -0.490 e. The standard InChI is InChI=1S/C9H9F3O2/c10-6-4-8(12)9(5-7(6)11)14-3-1-2-13/h4-5,13H,1-3H2. The first-order valence-corrected chi connectivity index (χ1v) is 4.03. The topological polar surface area (TPSA) is 29.5 Å². The Morgan fingerprint density at radius 3 is 2.36 bits per heavy atom. The molecule has 0 radical (unpaired) electrons. The van der Waals surface area contributed by atoms with E-state index >= 15 is 0 Å². The van der Waals surface area contributed by atoms with Crippen LogP contribution < -0.4 is 4.74 Å². The summed E-state index contributed by atoms with van der Waals surface area (Å²) in [6.07, 6.45) is 0.304. The van der Waals surface area contributed by atoms with Crippen molar-refractivity contribution in [1.29, 1.82) is 0 Å². The maximum absolute atomic E-state index is 12.9. The molecule has 0 unspecified atom stereocenters. The molecule has 0 fully saturated rings. The van der Waals surface area contributed by atoms with Gasteiger partial charge in [-0.2, -0.15) is 0 Å². The predicted octanol–water partition coefficient (Wildman–Crippen LogP) is 1.87. The zero-order chi connectivity index (χ0) is 10.6. The average Bonchev–Trinajstić information content (AvgIpc) is 2.14. The van der Waals surface area contributed by atoms with Gasteiger partial charge in [-0.15, -0.1) is 0 Å². The number of benzene rings is 1. The third-order valence-electron chi connectivity index (χ3n) is 1.53. The molecule has 1 rings (SSSR count). The average molecular weight is 206 g/mol. The lowest BCUT2D eigenvalue weighted by atomic mass is 10.3. The predicted molar refractivity (Wildman–Crippen MR) is 43.5 cm³/mol. The molecule has 0 spiro atoms. The van der Waals surface area contributed by atoms with E-state index in [2.05, 4.69) is 0 Å². The lowest BCUT2D eigenvalue weighted by molar-refractivity contribution is 0.227. The molecule has 0 aromatic heterocycles. The van der Waals surface area contributed by atoms with Gasteiger partial charge < -0.3 is 9.84 Å². The fraction of sp³-hybridized carbons (Fsp3) is 0.333. The van der Waals surface area contributed by atoms with Gasteiger partial charge in [0.1, 0.15) is 0 Å². The summed E-state index contributed by atoms with van der Waals surface area (Å²) in [6, 6.07) is 1.06. The van der Waals surface area contributed by atoms with Crippen LogP contribution in [0.5, 0.6) is 5.75 Å². The smallest absolute Gasteiger partial charge is 0.168 e. The zero-order valence-electron chi connectivity index (χ0n) is 7.27. The first kappa shape index (κ1) is 10.8. The number of rotatable bonds is 4. The Morgan fingerprint density at radius 2 is 1.71 bits per heavy atom. The molecular weight excluding hydrogens is 197 g/mol. The fourth-order valence-electron chi connectivity index (χ4n) is 0.862. The molecule has 2 nitrogen and oxygen atoms in total. The molecular formula is C9H9F3O2. The van der Waals surface area contributed by atoms with Crippen LogP contribution in [0, 0.1) is 17.5 Å². The van der Waals surface area contributed by atoms with Crippen LogP contribution in [-0.2, 0) is 0 Å². The summed E-state index contributed by atoms with van der Waals surface area (Å²) in [5.74, 6) is -3.72. The van der Waals surface area contributed by atoms with Gasteiger partial charge in [0.25, 0.3) is 0 Å². The molecule has 0 saturated heterocycles. The Morgan fingerprint density at radius 1 is 1.07 bits per heavy atom. The molecule has 0 heterocycles. The summed E-state index contributed by atoms with van der Waals surface area (Å²) in [5, 5.41) is 8.40. The van der Waals surface area contributed by atoms with Crippen molar-refractivity contribution >= 4 is 0 Å². The van der Waals surface area contributed by atoms with Gasteiger partial charge in [-0.25, -0.2) is 13.2 Å². The first-order valence-electron chi connectivity index (χ1n) is 4.03. The second-order valence-corrected chi connectivity index (χ2v) is 2.62. The van der Waals surface area contributed by atoms with Crippen LogP contribution in [0.15, 0.2) is 12.1 Å². The number of hydrogen-bond donors (Lipinski definition) is 1. The molecule has 1 aromatic rings. The third-order valence-corrected chi connectivity index (χ3v) is 1.53. The van der Waals surface area contributed by atoms with Crippen molar-refractivity contribution in [3.8, 4) is 5.75 Å². The number of halogens is 3. The summed E-state index contributed by atoms with van der Waals surface area (Å²) in [6.45, 7) is -0.0518. The van der Waals surface area contributed by atoms with E-state index in [0.29, 0.717) is 18.6 Å². The van der Waals surface area contributed by atoms with Gasteiger partial charge >= 0.3 is 0 Å². The summed E-state index contributed by atoms with van der Waals surface area (Å²) >= 11 is 0. The van der Waals surface area contributed by atoms with Gasteiger partial charge in [-0.3, -0.25) is 0 Å². The highest BCUT2D eigenvalue weighted by Crippen LogP contribution is 2.20. The molecule has 0 bridgehead atoms. The van der Waals surface area contributed by atoms with Crippen LogP contribution in [0.1, 0.15) is 6.42 Å². The summed E-state index contributed by atoms with van der Waals surface area (Å²) in [4.78, 5) is 0. The van der Waals surface area contributed by atoms with Crippen molar-refractivity contribution in [2.45, 2.75) is 6.42 Å². The van der Waals surface area contributed by atoms with Crippen LogP contribution in [0.4, 0.5) is 13.2 Å². The first-order chi connectivity index (χ1) is 6.65. The Bertz CT molecular complexity index is 315. The molecule has 1 aromatic carbocycles. The number of aliphatic hydroxyl groups excluding tert-OH is 1. The van der Waals surface area contributed by atoms with E-state index in [4.69, 9.17) is 9.84 Å². The van der Waals surface area contributed by atoms with Gasteiger partial charge in [0, 0.05) is 25.2 Å². The molecule has 0 aliphatic heterocycles. The lowest BCUT2D eigenvalue weighted by Gasteiger charge is -2.06. The van der Waals surface area contributed by atoms with Crippen LogP contribution in [0.3, 0.4) is 0 Å². The van der Waals surface area contributed by atoms with E-state index in [1.807, 2.05) is 0 Å². The van der Waals surface area contributed by atoms with Crippen molar-refractivity contribution in [2.75, 3.05) is 13.2 Å². The lowest BCUT2D eigenvalue weighted by Crippen LogP contribution is -2.02. The monoisotopic (exact) mass is 206 g/mol. The van der Waals surface area contributed by atoms with Gasteiger partial charge in [-0.05, 0) is 0 Å². The Kier molecular flexibility index (Phi) is 3.76. The Labute approximate surface area is 78.9 Å². The molecule has 5 heteroatoms. The minimum absolute atomic E-state index is 0.0541. The number of hydrogen-bond acceptors (Lipinski definition) is 2. The maximum atomic E-state index is 12.9. The second kappa shape index (κ2) is 4.85. The molecule has 14 heavy (non-hydrogen) atoms. The van der Waals surface area contributed by atoms with Crippen LogP contribution in [0.25, 0.3) is 0 Å². The zero-order valence-corrected chi connectivity index (χ0v) is 7.27. The highest BCUT2D eigenvalue weighted by Gasteiger charge is 2.10. The van der Waals surface area contributed by atoms with Crippen molar-refractivity contribution in [3.63, 3.8) is 0 Å². The second-order valence-electron chi connectivity index (χ2n) is 2.62. The largest absolute Gasteiger partial charge is 0.490 e. The molecule has 0 aliphatic carbocycles. The van der Waals surface area contributed by atoms with Crippen molar-refractivity contribution in [3.05, 3.63) is 29.6 Å². The van der Waals surface area contributed by atoms with Gasteiger partial charge in [0.2, 0.25) is 0 Å². The van der Waals surface area contributed by atoms with E-state index < -0.39 is 17.5 Å².